The molecule has 1 heterocycles. The molecule has 0 aliphatic rings. The normalized spacial score (nSPS) is 11.8. The minimum absolute atomic E-state index is 0. The Bertz CT molecular complexity index is 888. The molecule has 0 unspecified atom stereocenters. The molecule has 1 aromatic heterocycles. The van der Waals surface area contributed by atoms with Gasteiger partial charge in [-0.1, -0.05) is 6.07 Å². The molecule has 6 nitrogen and oxygen atoms in total. The zero-order chi connectivity index (χ0) is 19.2. The third kappa shape index (κ3) is 7.56. The Balaban J connectivity index is 0.00000364. The summed E-state index contributed by atoms with van der Waals surface area (Å²) in [4.78, 5) is 4.96. The summed E-state index contributed by atoms with van der Waals surface area (Å²) in [5, 5.41) is 11.4. The minimum Gasteiger partial charge on any atom is -0.352 e. The maximum Gasteiger partial charge on any atom is 0.247 e. The van der Waals surface area contributed by atoms with E-state index in [1.165, 1.54) is 12.1 Å². The van der Waals surface area contributed by atoms with E-state index in [2.05, 4.69) is 15.6 Å². The molecule has 0 atom stereocenters. The Morgan fingerprint density at radius 2 is 1.93 bits per heavy atom. The number of nitrogens with one attached hydrogen (secondary N) is 2. The Morgan fingerprint density at radius 3 is 2.52 bits per heavy atom. The maximum atomic E-state index is 13.4. The van der Waals surface area contributed by atoms with E-state index in [4.69, 9.17) is 5.14 Å². The standard InChI is InChI=1S/C16H21FN4O2S3.HI/c1-19-16(21-9-14-5-6-15(25-14)26(18,22)23)20-8-11-3-4-13(17)7-12(11)10-24-2;/h3-7H,8-10H2,1-2H3,(H2,18,22,23)(H2,19,20,21);1H. The number of hydrogen-bond donors (Lipinski definition) is 3. The number of nitrogens with zero attached hydrogens (tertiary/aromatic N) is 1. The van der Waals surface area contributed by atoms with E-state index in [9.17, 15) is 12.8 Å². The fourth-order valence-electron chi connectivity index (χ4n) is 2.23. The summed E-state index contributed by atoms with van der Waals surface area (Å²) in [6.45, 7) is 0.920. The summed E-state index contributed by atoms with van der Waals surface area (Å²) in [7, 11) is -2.03. The van der Waals surface area contributed by atoms with Gasteiger partial charge in [-0.15, -0.1) is 35.3 Å². The average Bonchev–Trinajstić information content (AvgIpc) is 3.06. The number of hydrogen-bond acceptors (Lipinski definition) is 5. The van der Waals surface area contributed by atoms with Gasteiger partial charge in [0, 0.05) is 24.2 Å². The molecule has 150 valence electrons. The van der Waals surface area contributed by atoms with Crippen molar-refractivity contribution in [2.75, 3.05) is 13.3 Å². The van der Waals surface area contributed by atoms with Gasteiger partial charge in [0.05, 0.1) is 6.54 Å². The van der Waals surface area contributed by atoms with Crippen LogP contribution in [0.2, 0.25) is 0 Å². The molecule has 0 radical (unpaired) electrons. The van der Waals surface area contributed by atoms with Crippen LogP contribution >= 0.6 is 47.1 Å². The minimum atomic E-state index is -3.67. The molecule has 0 bridgehead atoms. The van der Waals surface area contributed by atoms with E-state index in [0.29, 0.717) is 19.0 Å². The first-order valence-corrected chi connectivity index (χ1v) is 11.4. The first-order chi connectivity index (χ1) is 12.3. The summed E-state index contributed by atoms with van der Waals surface area (Å²) in [6, 6.07) is 7.95. The molecule has 0 aliphatic heterocycles. The van der Waals surface area contributed by atoms with E-state index in [-0.39, 0.29) is 34.0 Å². The van der Waals surface area contributed by atoms with Crippen molar-refractivity contribution in [3.05, 3.63) is 52.2 Å². The number of rotatable bonds is 7. The van der Waals surface area contributed by atoms with Crippen LogP contribution in [0.15, 0.2) is 39.5 Å². The molecule has 0 saturated carbocycles. The van der Waals surface area contributed by atoms with Crippen LogP contribution in [0.5, 0.6) is 0 Å². The van der Waals surface area contributed by atoms with Gasteiger partial charge in [0.1, 0.15) is 10.0 Å². The Kier molecular flexibility index (Phi) is 10.0. The first kappa shape index (κ1) is 24.1. The van der Waals surface area contributed by atoms with Crippen LogP contribution in [-0.4, -0.2) is 27.7 Å². The molecule has 2 rings (SSSR count). The number of aliphatic imine (C=N–C) groups is 1. The maximum absolute atomic E-state index is 13.4. The zero-order valence-electron chi connectivity index (χ0n) is 14.9. The topological polar surface area (TPSA) is 96.6 Å². The molecule has 11 heteroatoms. The SMILES string of the molecule is CN=C(NCc1ccc(S(N)(=O)=O)s1)NCc1ccc(F)cc1CSC.I. The summed E-state index contributed by atoms with van der Waals surface area (Å²) in [5.41, 5.74) is 1.94. The van der Waals surface area contributed by atoms with Crippen molar-refractivity contribution in [3.8, 4) is 0 Å². The zero-order valence-corrected chi connectivity index (χ0v) is 19.6. The quantitative estimate of drug-likeness (QED) is 0.283. The Hall–Kier alpha value is -0.890. The molecule has 0 amide bonds. The number of primary sulfonamides is 1. The van der Waals surface area contributed by atoms with Crippen molar-refractivity contribution >= 4 is 63.1 Å². The lowest BCUT2D eigenvalue weighted by Crippen LogP contribution is -2.36. The highest BCUT2D eigenvalue weighted by atomic mass is 127. The van der Waals surface area contributed by atoms with Crippen LogP contribution in [0.3, 0.4) is 0 Å². The van der Waals surface area contributed by atoms with Crippen molar-refractivity contribution in [3.63, 3.8) is 0 Å². The molecule has 0 aliphatic carbocycles. The van der Waals surface area contributed by atoms with Crippen molar-refractivity contribution < 1.29 is 12.8 Å². The van der Waals surface area contributed by atoms with E-state index >= 15 is 0 Å². The van der Waals surface area contributed by atoms with Crippen molar-refractivity contribution in [2.45, 2.75) is 23.1 Å². The van der Waals surface area contributed by atoms with Gasteiger partial charge in [-0.05, 0) is 41.6 Å². The Morgan fingerprint density at radius 1 is 1.22 bits per heavy atom. The van der Waals surface area contributed by atoms with Gasteiger partial charge in [-0.2, -0.15) is 11.8 Å². The molecule has 0 spiro atoms. The van der Waals surface area contributed by atoms with Crippen LogP contribution < -0.4 is 15.8 Å². The smallest absolute Gasteiger partial charge is 0.247 e. The number of nitrogens with two attached hydrogens (primary N) is 1. The van der Waals surface area contributed by atoms with Crippen LogP contribution in [0.25, 0.3) is 0 Å². The summed E-state index contributed by atoms with van der Waals surface area (Å²) < 4.78 is 36.2. The molecular formula is C16H22FIN4O2S3. The lowest BCUT2D eigenvalue weighted by Gasteiger charge is -2.14. The second-order valence-corrected chi connectivity index (χ2v) is 9.21. The summed E-state index contributed by atoms with van der Waals surface area (Å²) in [6.07, 6.45) is 1.97. The number of sulfonamides is 1. The second kappa shape index (κ2) is 11.2. The molecular weight excluding hydrogens is 522 g/mol. The lowest BCUT2D eigenvalue weighted by atomic mass is 10.1. The van der Waals surface area contributed by atoms with Gasteiger partial charge in [0.25, 0.3) is 0 Å². The van der Waals surface area contributed by atoms with Crippen molar-refractivity contribution in [1.29, 1.82) is 0 Å². The van der Waals surface area contributed by atoms with Crippen LogP contribution in [0.1, 0.15) is 16.0 Å². The lowest BCUT2D eigenvalue weighted by molar-refractivity contribution is 0.600. The molecule has 4 N–H and O–H groups in total. The van der Waals surface area contributed by atoms with E-state index in [1.54, 1.807) is 37.0 Å². The number of benzene rings is 1. The van der Waals surface area contributed by atoms with Gasteiger partial charge in [0.15, 0.2) is 5.96 Å². The van der Waals surface area contributed by atoms with E-state index in [0.717, 1.165) is 33.1 Å². The van der Waals surface area contributed by atoms with Crippen LogP contribution in [0, 0.1) is 5.82 Å². The van der Waals surface area contributed by atoms with Crippen molar-refractivity contribution in [1.82, 2.24) is 10.6 Å². The van der Waals surface area contributed by atoms with E-state index in [1.807, 2.05) is 6.26 Å². The van der Waals surface area contributed by atoms with E-state index < -0.39 is 10.0 Å². The number of guanidine groups is 1. The molecule has 0 saturated heterocycles. The van der Waals surface area contributed by atoms with Gasteiger partial charge in [-0.25, -0.2) is 17.9 Å². The second-order valence-electron chi connectivity index (χ2n) is 5.39. The highest BCUT2D eigenvalue weighted by Gasteiger charge is 2.11. The monoisotopic (exact) mass is 544 g/mol. The van der Waals surface area contributed by atoms with Gasteiger partial charge in [0.2, 0.25) is 10.0 Å². The predicted molar refractivity (Wildman–Crippen MR) is 122 cm³/mol. The largest absolute Gasteiger partial charge is 0.352 e. The predicted octanol–water partition coefficient (Wildman–Crippen LogP) is 2.88. The number of halogens is 2. The van der Waals surface area contributed by atoms with Gasteiger partial charge < -0.3 is 10.6 Å². The number of thiophene rings is 1. The van der Waals surface area contributed by atoms with Gasteiger partial charge in [-0.3, -0.25) is 4.99 Å². The highest BCUT2D eigenvalue weighted by molar-refractivity contribution is 14.0. The average molecular weight is 544 g/mol. The summed E-state index contributed by atoms with van der Waals surface area (Å²) >= 11 is 2.75. The van der Waals surface area contributed by atoms with Crippen molar-refractivity contribution in [2.24, 2.45) is 10.1 Å². The van der Waals surface area contributed by atoms with Crippen LogP contribution in [-0.2, 0) is 28.9 Å². The molecule has 0 fully saturated rings. The van der Waals surface area contributed by atoms with Crippen LogP contribution in [0.4, 0.5) is 4.39 Å². The summed E-state index contributed by atoms with van der Waals surface area (Å²) in [5.74, 6) is 1.05. The third-order valence-corrected chi connectivity index (χ3v) is 6.61. The third-order valence-electron chi connectivity index (χ3n) is 3.49. The first-order valence-electron chi connectivity index (χ1n) is 7.65. The fraction of sp³-hybridized carbons (Fsp3) is 0.312. The Labute approximate surface area is 184 Å². The molecule has 1 aromatic carbocycles. The molecule has 2 aromatic rings. The van der Waals surface area contributed by atoms with Gasteiger partial charge >= 0.3 is 0 Å². The fourth-order valence-corrected chi connectivity index (χ4v) is 4.53. The molecule has 27 heavy (non-hydrogen) atoms. The highest BCUT2D eigenvalue weighted by Crippen LogP contribution is 2.20. The number of thioether (sulfide) groups is 1.